The van der Waals surface area contributed by atoms with Crippen molar-refractivity contribution in [1.29, 1.82) is 0 Å². The maximum atomic E-state index is 13.7. The topological polar surface area (TPSA) is 297 Å². The third-order valence-corrected chi connectivity index (χ3v) is 10.1. The highest BCUT2D eigenvalue weighted by Crippen LogP contribution is 2.47. The van der Waals surface area contributed by atoms with E-state index in [0.29, 0.717) is 16.9 Å². The van der Waals surface area contributed by atoms with Gasteiger partial charge in [0.1, 0.15) is 80.7 Å². The van der Waals surface area contributed by atoms with Crippen molar-refractivity contribution in [3.05, 3.63) is 99.3 Å². The van der Waals surface area contributed by atoms with Gasteiger partial charge in [-0.3, -0.25) is 14.4 Å². The second-order valence-corrected chi connectivity index (χ2v) is 14.2. The van der Waals surface area contributed by atoms with Crippen molar-refractivity contribution in [3.63, 3.8) is 0 Å². The summed E-state index contributed by atoms with van der Waals surface area (Å²) >= 11 is 0. The van der Waals surface area contributed by atoms with Crippen LogP contribution in [0.5, 0.6) is 40.2 Å². The van der Waals surface area contributed by atoms with Gasteiger partial charge in [0.25, 0.3) is 5.79 Å². The second-order valence-electron chi connectivity index (χ2n) is 14.2. The Kier molecular flexibility index (Phi) is 11.8. The molecule has 0 bridgehead atoms. The third-order valence-electron chi connectivity index (χ3n) is 10.1. The number of carbonyl (C=O) groups is 2. The van der Waals surface area contributed by atoms with Gasteiger partial charge in [-0.1, -0.05) is 0 Å². The predicted octanol–water partition coefficient (Wildman–Crippen LogP) is 1.65. The number of carbonyl (C=O) groups excluding carboxylic acids is 2. The largest absolute Gasteiger partial charge is 0.543 e. The van der Waals surface area contributed by atoms with Crippen molar-refractivity contribution >= 4 is 33.8 Å². The second kappa shape index (κ2) is 17.1. The van der Waals surface area contributed by atoms with E-state index in [1.54, 1.807) is 24.3 Å². The van der Waals surface area contributed by atoms with E-state index in [1.807, 2.05) is 0 Å². The minimum absolute atomic E-state index is 0.00652. The molecule has 2 aromatic heterocycles. The summed E-state index contributed by atoms with van der Waals surface area (Å²) < 4.78 is 40.0. The van der Waals surface area contributed by atoms with Crippen LogP contribution in [0.2, 0.25) is 0 Å². The molecule has 0 radical (unpaired) electrons. The SMILES string of the molecule is COc1ccc(-c2cc(=O)c3c(O)c(Oc4ccc(-c5cc(=O)c6c(O)cc(OC)cc6o5)cc4)c(O[C@]4(C(=O)[O-])C[C@H](O)[C@@H](NC(C)=O)[C@H](C(O)C(O)CO)O4)cc3o2)cc1. The fourth-order valence-corrected chi connectivity index (χ4v) is 7.04. The lowest BCUT2D eigenvalue weighted by molar-refractivity contribution is -0.368. The Morgan fingerprint density at radius 1 is 0.839 bits per heavy atom. The number of nitrogens with one attached hydrogen (secondary N) is 1. The summed E-state index contributed by atoms with van der Waals surface area (Å²) in [5, 5.41) is 79.1. The standard InChI is InChI=1S/C43H39NO18/c1-19(46)44-37-28(50)17-43(42(54)55,62-41(37)38(52)29(51)18-45)61-34-16-33-36(27(49)15-31(60-33)20-4-8-22(56-2)9-5-20)39(53)40(34)58-23-10-6-21(7-11-23)30-14-26(48)35-25(47)12-24(57-3)13-32(35)59-30/h4-16,28-29,37-38,41,45,47,50-53H,17-18H2,1-3H3,(H,44,46)(H,54,55)/p-1/t28-,29?,37+,38?,41+,43+/m0/s1. The molecule has 19 heteroatoms. The molecule has 1 fully saturated rings. The highest BCUT2D eigenvalue weighted by molar-refractivity contribution is 5.90. The number of carboxylic acids is 1. The lowest BCUT2D eigenvalue weighted by Gasteiger charge is -2.48. The van der Waals surface area contributed by atoms with Crippen molar-refractivity contribution in [1.82, 2.24) is 5.32 Å². The Morgan fingerprint density at radius 3 is 1.95 bits per heavy atom. The summed E-state index contributed by atoms with van der Waals surface area (Å²) in [6, 6.07) is 16.4. The van der Waals surface area contributed by atoms with Crippen LogP contribution < -0.4 is 40.2 Å². The molecule has 1 aliphatic heterocycles. The number of amides is 1. The van der Waals surface area contributed by atoms with Gasteiger partial charge in [-0.25, -0.2) is 0 Å². The van der Waals surface area contributed by atoms with Gasteiger partial charge in [0.15, 0.2) is 22.4 Å². The molecule has 62 heavy (non-hydrogen) atoms. The van der Waals surface area contributed by atoms with Crippen LogP contribution in [0.1, 0.15) is 13.3 Å². The van der Waals surface area contributed by atoms with Crippen molar-refractivity contribution in [3.8, 4) is 62.9 Å². The summed E-state index contributed by atoms with van der Waals surface area (Å²) in [5.41, 5.74) is -0.900. The first-order valence-electron chi connectivity index (χ1n) is 18.7. The molecule has 1 saturated heterocycles. The smallest absolute Gasteiger partial charge is 0.254 e. The first-order chi connectivity index (χ1) is 29.6. The fraction of sp³-hybridized carbons (Fsp3) is 0.256. The van der Waals surface area contributed by atoms with E-state index in [1.165, 1.54) is 50.6 Å². The zero-order valence-electron chi connectivity index (χ0n) is 32.9. The minimum atomic E-state index is -3.09. The van der Waals surface area contributed by atoms with Crippen molar-refractivity contribution in [2.45, 2.75) is 49.6 Å². The van der Waals surface area contributed by atoms with Gasteiger partial charge in [0, 0.05) is 54.8 Å². The number of methoxy groups -OCH3 is 2. The normalized spacial score (nSPS) is 19.7. The van der Waals surface area contributed by atoms with Gasteiger partial charge in [-0.2, -0.15) is 0 Å². The number of aliphatic hydroxyl groups excluding tert-OH is 4. The van der Waals surface area contributed by atoms with Gasteiger partial charge < -0.3 is 78.4 Å². The lowest BCUT2D eigenvalue weighted by atomic mass is 9.88. The molecule has 3 heterocycles. The molecule has 7 N–H and O–H groups in total. The molecule has 2 unspecified atom stereocenters. The van der Waals surface area contributed by atoms with Crippen molar-refractivity contribution in [2.24, 2.45) is 0 Å². The quantitative estimate of drug-likeness (QED) is 0.0869. The Labute approximate surface area is 349 Å². The summed E-state index contributed by atoms with van der Waals surface area (Å²) in [4.78, 5) is 51.8. The van der Waals surface area contributed by atoms with E-state index in [4.69, 9.17) is 32.5 Å². The lowest BCUT2D eigenvalue weighted by Crippen LogP contribution is -2.70. The molecule has 0 spiro atoms. The Balaban J connectivity index is 1.34. The molecular weight excluding hydrogens is 818 g/mol. The van der Waals surface area contributed by atoms with Crippen molar-refractivity contribution in [2.75, 3.05) is 20.8 Å². The van der Waals surface area contributed by atoms with E-state index in [2.05, 4.69) is 5.32 Å². The predicted molar refractivity (Wildman–Crippen MR) is 213 cm³/mol. The summed E-state index contributed by atoms with van der Waals surface area (Å²) in [7, 11) is 2.83. The number of hydrogen-bond acceptors (Lipinski definition) is 18. The van der Waals surface area contributed by atoms with E-state index in [-0.39, 0.29) is 45.3 Å². The maximum Gasteiger partial charge on any atom is 0.254 e. The van der Waals surface area contributed by atoms with Crippen LogP contribution in [0.15, 0.2) is 97.3 Å². The summed E-state index contributed by atoms with van der Waals surface area (Å²) in [6.45, 7) is 0.0256. The Morgan fingerprint density at radius 2 is 1.40 bits per heavy atom. The Bertz CT molecular complexity index is 2780. The summed E-state index contributed by atoms with van der Waals surface area (Å²) in [5.74, 6) is -7.81. The molecule has 6 aromatic rings. The number of hydrogen-bond donors (Lipinski definition) is 7. The molecule has 0 saturated carbocycles. The van der Waals surface area contributed by atoms with Crippen LogP contribution in [0, 0.1) is 0 Å². The fourth-order valence-electron chi connectivity index (χ4n) is 7.04. The van der Waals surface area contributed by atoms with Crippen LogP contribution in [0.3, 0.4) is 0 Å². The molecule has 6 atom stereocenters. The van der Waals surface area contributed by atoms with E-state index >= 15 is 0 Å². The highest BCUT2D eigenvalue weighted by atomic mass is 16.7. The molecule has 1 amide bonds. The molecule has 0 aliphatic carbocycles. The monoisotopic (exact) mass is 856 g/mol. The number of phenolic OH excluding ortho intramolecular Hbond substituents is 2. The van der Waals surface area contributed by atoms with E-state index in [9.17, 15) is 54.9 Å². The third kappa shape index (κ3) is 8.17. The zero-order chi connectivity index (χ0) is 44.6. The molecule has 324 valence electrons. The van der Waals surface area contributed by atoms with Crippen LogP contribution in [-0.4, -0.2) is 99.6 Å². The number of benzene rings is 4. The van der Waals surface area contributed by atoms with Gasteiger partial charge >= 0.3 is 0 Å². The van der Waals surface area contributed by atoms with Crippen molar-refractivity contribution < 1.29 is 77.9 Å². The molecule has 7 rings (SSSR count). The van der Waals surface area contributed by atoms with Gasteiger partial charge in [-0.15, -0.1) is 0 Å². The number of ether oxygens (including phenoxy) is 5. The first kappa shape index (κ1) is 42.9. The number of carboxylic acid groups (broad SMARTS) is 1. The molecule has 19 nitrogen and oxygen atoms in total. The Hall–Kier alpha value is -7.16. The van der Waals surface area contributed by atoms with E-state index in [0.717, 1.165) is 25.1 Å². The molecule has 4 aromatic carbocycles. The van der Waals surface area contributed by atoms with Crippen LogP contribution in [-0.2, 0) is 14.3 Å². The molecule has 1 aliphatic rings. The zero-order valence-corrected chi connectivity index (χ0v) is 32.9. The van der Waals surface area contributed by atoms with Crippen LogP contribution in [0.4, 0.5) is 0 Å². The first-order valence-corrected chi connectivity index (χ1v) is 18.7. The number of aromatic hydroxyl groups is 2. The number of aliphatic carboxylic acids is 1. The average Bonchev–Trinajstić information content (AvgIpc) is 3.24. The maximum absolute atomic E-state index is 13.7. The van der Waals surface area contributed by atoms with Gasteiger partial charge in [0.05, 0.1) is 33.0 Å². The minimum Gasteiger partial charge on any atom is -0.543 e. The van der Waals surface area contributed by atoms with Gasteiger partial charge in [0.2, 0.25) is 11.7 Å². The number of aliphatic hydroxyl groups is 4. The highest BCUT2D eigenvalue weighted by Gasteiger charge is 2.54. The van der Waals surface area contributed by atoms with Gasteiger partial charge in [-0.05, 0) is 48.5 Å². The average molecular weight is 857 g/mol. The summed E-state index contributed by atoms with van der Waals surface area (Å²) in [6.07, 6.45) is -8.92. The molecular formula is C43H38NO18-. The van der Waals surface area contributed by atoms with E-state index < -0.39 is 94.6 Å². The van der Waals surface area contributed by atoms with Crippen LogP contribution in [0.25, 0.3) is 44.6 Å². The number of rotatable bonds is 13. The number of fused-ring (bicyclic) bond motifs is 2. The van der Waals surface area contributed by atoms with Crippen LogP contribution >= 0.6 is 0 Å². The number of phenols is 2.